The minimum Gasteiger partial charge on any atom is -0.458 e. The van der Waals surface area contributed by atoms with Crippen LogP contribution in [0.2, 0.25) is 0 Å². The lowest BCUT2D eigenvalue weighted by molar-refractivity contribution is -0.159. The molecule has 0 aliphatic rings. The zero-order chi connectivity index (χ0) is 35.7. The number of alkyl carbamates (subject to hydrolysis) is 1. The Labute approximate surface area is 285 Å². The maximum Gasteiger partial charge on any atom is 0.408 e. The van der Waals surface area contributed by atoms with Crippen LogP contribution in [0.15, 0.2) is 48.5 Å². The molecule has 0 heterocycles. The number of aryl methyl sites for hydroxylation is 2. The molecule has 0 aliphatic carbocycles. The van der Waals surface area contributed by atoms with Gasteiger partial charge in [-0.1, -0.05) is 54.1 Å². The van der Waals surface area contributed by atoms with E-state index in [2.05, 4.69) is 10.6 Å². The molecule has 0 saturated heterocycles. The summed E-state index contributed by atoms with van der Waals surface area (Å²) >= 11 is 1.55. The smallest absolute Gasteiger partial charge is 0.408 e. The maximum atomic E-state index is 14.7. The normalized spacial score (nSPS) is 14.0. The number of esters is 1. The van der Waals surface area contributed by atoms with Gasteiger partial charge in [0.25, 0.3) is 0 Å². The van der Waals surface area contributed by atoms with Crippen LogP contribution in [0.5, 0.6) is 0 Å². The van der Waals surface area contributed by atoms with Crippen LogP contribution in [0.1, 0.15) is 97.0 Å². The molecule has 10 heteroatoms. The fraction of sp³-hybridized carbons (Fsp3) is 0.568. The molecule has 9 nitrogen and oxygen atoms in total. The summed E-state index contributed by atoms with van der Waals surface area (Å²) in [5, 5.41) is 5.75. The van der Waals surface area contributed by atoms with Crippen LogP contribution in [-0.4, -0.2) is 69.6 Å². The molecule has 0 bridgehead atoms. The lowest BCUT2D eigenvalue weighted by Crippen LogP contribution is -2.60. The number of thioether (sulfide) groups is 1. The van der Waals surface area contributed by atoms with Crippen LogP contribution in [0.3, 0.4) is 0 Å². The molecule has 2 aromatic carbocycles. The molecule has 2 rings (SSSR count). The molecular formula is C37H55N3O6S. The average molecular weight is 670 g/mol. The molecule has 0 aromatic heterocycles. The number of hydrogen-bond donors (Lipinski definition) is 2. The molecule has 0 spiro atoms. The third-order valence-electron chi connectivity index (χ3n) is 7.09. The molecule has 47 heavy (non-hydrogen) atoms. The van der Waals surface area contributed by atoms with E-state index in [1.54, 1.807) is 53.3 Å². The second kappa shape index (κ2) is 16.5. The molecular weight excluding hydrogens is 614 g/mol. The van der Waals surface area contributed by atoms with Crippen molar-refractivity contribution in [1.29, 1.82) is 0 Å². The summed E-state index contributed by atoms with van der Waals surface area (Å²) < 4.78 is 11.3. The van der Waals surface area contributed by atoms with E-state index in [9.17, 15) is 19.2 Å². The topological polar surface area (TPSA) is 114 Å². The van der Waals surface area contributed by atoms with Gasteiger partial charge in [0, 0.05) is 12.0 Å². The number of nitrogens with one attached hydrogen (secondary N) is 2. The molecule has 3 amide bonds. The number of amides is 3. The van der Waals surface area contributed by atoms with Gasteiger partial charge in [-0.05, 0) is 111 Å². The number of carbonyl (C=O) groups excluding carboxylic acids is 4. The van der Waals surface area contributed by atoms with E-state index >= 15 is 0 Å². The fourth-order valence-corrected chi connectivity index (χ4v) is 5.55. The van der Waals surface area contributed by atoms with Crippen LogP contribution in [-0.2, 0) is 30.3 Å². The lowest BCUT2D eigenvalue weighted by atomic mass is 9.91. The molecule has 3 atom stereocenters. The molecule has 3 unspecified atom stereocenters. The number of nitrogens with zero attached hydrogens (tertiary/aromatic N) is 1. The van der Waals surface area contributed by atoms with Gasteiger partial charge in [-0.2, -0.15) is 11.8 Å². The van der Waals surface area contributed by atoms with Crippen LogP contribution in [0.25, 0.3) is 0 Å². The van der Waals surface area contributed by atoms with Gasteiger partial charge in [-0.3, -0.25) is 9.59 Å². The first-order chi connectivity index (χ1) is 21.6. The van der Waals surface area contributed by atoms with E-state index < -0.39 is 58.7 Å². The minimum atomic E-state index is -1.14. The summed E-state index contributed by atoms with van der Waals surface area (Å²) in [6.45, 7) is 20.0. The van der Waals surface area contributed by atoms with E-state index in [4.69, 9.17) is 9.47 Å². The number of hydrogen-bond acceptors (Lipinski definition) is 7. The highest BCUT2D eigenvalue weighted by Crippen LogP contribution is 2.33. The highest BCUT2D eigenvalue weighted by Gasteiger charge is 2.43. The predicted molar refractivity (Wildman–Crippen MR) is 189 cm³/mol. The fourth-order valence-electron chi connectivity index (χ4n) is 5.07. The highest BCUT2D eigenvalue weighted by molar-refractivity contribution is 7.98. The van der Waals surface area contributed by atoms with E-state index in [-0.39, 0.29) is 6.42 Å². The van der Waals surface area contributed by atoms with Crippen LogP contribution in [0.4, 0.5) is 4.79 Å². The Morgan fingerprint density at radius 3 is 1.94 bits per heavy atom. The van der Waals surface area contributed by atoms with Crippen molar-refractivity contribution in [3.63, 3.8) is 0 Å². The van der Waals surface area contributed by atoms with Gasteiger partial charge < -0.3 is 25.0 Å². The van der Waals surface area contributed by atoms with Gasteiger partial charge in [0.05, 0.1) is 0 Å². The summed E-state index contributed by atoms with van der Waals surface area (Å²) in [4.78, 5) is 57.4. The monoisotopic (exact) mass is 669 g/mol. The van der Waals surface area contributed by atoms with Crippen LogP contribution < -0.4 is 10.6 Å². The molecule has 2 N–H and O–H groups in total. The quantitative estimate of drug-likeness (QED) is 0.242. The summed E-state index contributed by atoms with van der Waals surface area (Å²) in [6, 6.07) is 12.0. The Morgan fingerprint density at radius 1 is 0.809 bits per heavy atom. The van der Waals surface area contributed by atoms with Crippen LogP contribution >= 0.6 is 11.8 Å². The molecule has 260 valence electrons. The Morgan fingerprint density at radius 2 is 1.40 bits per heavy atom. The predicted octanol–water partition coefficient (Wildman–Crippen LogP) is 6.69. The van der Waals surface area contributed by atoms with Crippen molar-refractivity contribution in [3.05, 3.63) is 70.8 Å². The number of rotatable bonds is 12. The summed E-state index contributed by atoms with van der Waals surface area (Å²) in [5.74, 6) is -0.958. The average Bonchev–Trinajstić information content (AvgIpc) is 2.92. The highest BCUT2D eigenvalue weighted by atomic mass is 32.2. The second-order valence-corrected chi connectivity index (χ2v) is 15.9. The second-order valence-electron chi connectivity index (χ2n) is 14.9. The summed E-state index contributed by atoms with van der Waals surface area (Å²) in [7, 11) is 0. The van der Waals surface area contributed by atoms with Crippen LogP contribution in [0, 0.1) is 13.8 Å². The Hall–Kier alpha value is -3.53. The van der Waals surface area contributed by atoms with Crippen molar-refractivity contribution >= 4 is 35.6 Å². The number of ether oxygens (including phenoxy) is 2. The minimum absolute atomic E-state index is 0.195. The Kier molecular flexibility index (Phi) is 13.9. The molecule has 0 fully saturated rings. The third-order valence-corrected chi connectivity index (χ3v) is 7.73. The van der Waals surface area contributed by atoms with Crippen molar-refractivity contribution in [1.82, 2.24) is 15.5 Å². The van der Waals surface area contributed by atoms with Gasteiger partial charge in [-0.25, -0.2) is 9.59 Å². The number of benzene rings is 2. The zero-order valence-corrected chi connectivity index (χ0v) is 31.1. The SMILES string of the molecule is CSCCC(NC(=O)OC(C)(C)C)C(=O)N(C(C(=O)NC(Cc1ccccc1)C(=O)OC(C)(C)C)c1cc(C)ccc1C)C(C)(C)C. The first-order valence-electron chi connectivity index (χ1n) is 16.1. The van der Waals surface area contributed by atoms with Crippen molar-refractivity contribution in [2.24, 2.45) is 0 Å². The van der Waals surface area contributed by atoms with Gasteiger partial charge >= 0.3 is 12.1 Å². The van der Waals surface area contributed by atoms with E-state index in [1.807, 2.05) is 89.4 Å². The van der Waals surface area contributed by atoms with Crippen molar-refractivity contribution < 1.29 is 28.7 Å². The van der Waals surface area contributed by atoms with E-state index in [0.29, 0.717) is 17.7 Å². The molecule has 0 radical (unpaired) electrons. The maximum absolute atomic E-state index is 14.7. The van der Waals surface area contributed by atoms with Gasteiger partial charge in [-0.15, -0.1) is 0 Å². The van der Waals surface area contributed by atoms with Gasteiger partial charge in [0.15, 0.2) is 0 Å². The molecule has 2 aromatic rings. The summed E-state index contributed by atoms with van der Waals surface area (Å²) in [6.07, 6.45) is 1.72. The third kappa shape index (κ3) is 12.9. The number of carbonyl (C=O) groups is 4. The zero-order valence-electron chi connectivity index (χ0n) is 30.3. The first kappa shape index (κ1) is 39.6. The molecule has 0 aliphatic heterocycles. The van der Waals surface area contributed by atoms with Crippen molar-refractivity contribution in [3.8, 4) is 0 Å². The van der Waals surface area contributed by atoms with E-state index in [1.165, 1.54) is 4.90 Å². The van der Waals surface area contributed by atoms with Gasteiger partial charge in [0.2, 0.25) is 11.8 Å². The molecule has 0 saturated carbocycles. The largest absolute Gasteiger partial charge is 0.458 e. The lowest BCUT2D eigenvalue weighted by Gasteiger charge is -2.43. The standard InChI is InChI=1S/C37H55N3O6S/c1-24-18-19-25(2)27(22-24)30(31(41)38-29(33(43)45-36(6,7)8)23-26-16-14-13-15-17-26)40(35(3,4)5)32(42)28(20-21-47-12)39-34(44)46-37(9,10)11/h13-19,22,28-30H,20-21,23H2,1-12H3,(H,38,41)(H,39,44). The first-order valence-corrected chi connectivity index (χ1v) is 17.5. The summed E-state index contributed by atoms with van der Waals surface area (Å²) in [5.41, 5.74) is 0.734. The Bertz CT molecular complexity index is 1380. The Balaban J connectivity index is 2.70. The van der Waals surface area contributed by atoms with Crippen molar-refractivity contribution in [2.45, 2.75) is 124 Å². The van der Waals surface area contributed by atoms with Crippen molar-refractivity contribution in [2.75, 3.05) is 12.0 Å². The van der Waals surface area contributed by atoms with E-state index in [0.717, 1.165) is 16.7 Å². The van der Waals surface area contributed by atoms with Gasteiger partial charge in [0.1, 0.15) is 29.3 Å².